The molecular weight excluding hydrogens is 336 g/mol. The number of carbonyl (C=O) groups is 1. The largest absolute Gasteiger partial charge is 0.497 e. The zero-order chi connectivity index (χ0) is 17.6. The average Bonchev–Trinajstić information content (AvgIpc) is 2.63. The molecule has 2 N–H and O–H groups in total. The molecule has 0 heterocycles. The number of nitrogens with two attached hydrogens (primary N) is 1. The predicted molar refractivity (Wildman–Crippen MR) is 105 cm³/mol. The van der Waals surface area contributed by atoms with Crippen LogP contribution < -0.4 is 10.5 Å². The molecule has 1 atom stereocenters. The number of hydrogen-bond acceptors (Lipinski definition) is 3. The van der Waals surface area contributed by atoms with Crippen LogP contribution in [0.2, 0.25) is 0 Å². The van der Waals surface area contributed by atoms with Crippen LogP contribution in [0.5, 0.6) is 5.75 Å². The van der Waals surface area contributed by atoms with Crippen LogP contribution in [0.15, 0.2) is 24.3 Å². The van der Waals surface area contributed by atoms with E-state index in [4.69, 9.17) is 10.5 Å². The first-order chi connectivity index (χ1) is 11.5. The average molecular weight is 369 g/mol. The maximum absolute atomic E-state index is 13.0. The summed E-state index contributed by atoms with van der Waals surface area (Å²) in [4.78, 5) is 15.0. The first-order valence-corrected chi connectivity index (χ1v) is 9.19. The fourth-order valence-electron chi connectivity index (χ4n) is 3.92. The molecule has 0 saturated heterocycles. The van der Waals surface area contributed by atoms with Crippen LogP contribution in [0.1, 0.15) is 64.0 Å². The minimum Gasteiger partial charge on any atom is -0.497 e. The molecule has 0 aliphatic heterocycles. The molecular formula is C20H33ClN2O2. The van der Waals surface area contributed by atoms with Gasteiger partial charge < -0.3 is 15.4 Å². The standard InChI is InChI=1S/C20H32N2O2.ClH/c1-4-22(16(2)17-9-8-10-18(13-17)24-3)19(23)14-20(15-21)11-6-5-7-12-20;/h8-10,13,16H,4-7,11-12,14-15,21H2,1-3H3;1H. The first-order valence-electron chi connectivity index (χ1n) is 9.19. The van der Waals surface area contributed by atoms with Gasteiger partial charge in [0.1, 0.15) is 5.75 Å². The Bertz CT molecular complexity index is 544. The Kier molecular flexibility index (Phi) is 8.74. The fraction of sp³-hybridized carbons (Fsp3) is 0.650. The second-order valence-corrected chi connectivity index (χ2v) is 7.07. The molecule has 1 fully saturated rings. The van der Waals surface area contributed by atoms with Crippen molar-refractivity contribution in [1.82, 2.24) is 4.90 Å². The summed E-state index contributed by atoms with van der Waals surface area (Å²) in [7, 11) is 1.67. The third-order valence-electron chi connectivity index (χ3n) is 5.58. The van der Waals surface area contributed by atoms with Crippen LogP contribution in [0.25, 0.3) is 0 Å². The van der Waals surface area contributed by atoms with Gasteiger partial charge >= 0.3 is 0 Å². The smallest absolute Gasteiger partial charge is 0.223 e. The highest BCUT2D eigenvalue weighted by molar-refractivity contribution is 5.85. The second kappa shape index (κ2) is 10.0. The van der Waals surface area contributed by atoms with Gasteiger partial charge in [-0.05, 0) is 56.3 Å². The van der Waals surface area contributed by atoms with E-state index in [1.54, 1.807) is 7.11 Å². The molecule has 1 unspecified atom stereocenters. The number of amides is 1. The van der Waals surface area contributed by atoms with E-state index in [2.05, 4.69) is 13.0 Å². The maximum atomic E-state index is 13.0. The van der Waals surface area contributed by atoms with Crippen molar-refractivity contribution in [1.29, 1.82) is 0 Å². The van der Waals surface area contributed by atoms with Crippen LogP contribution in [-0.2, 0) is 4.79 Å². The van der Waals surface area contributed by atoms with Crippen LogP contribution in [0.3, 0.4) is 0 Å². The Morgan fingerprint density at radius 1 is 1.32 bits per heavy atom. The van der Waals surface area contributed by atoms with Crippen molar-refractivity contribution in [3.63, 3.8) is 0 Å². The van der Waals surface area contributed by atoms with Crippen molar-refractivity contribution in [2.75, 3.05) is 20.2 Å². The molecule has 25 heavy (non-hydrogen) atoms. The van der Waals surface area contributed by atoms with Gasteiger partial charge in [-0.25, -0.2) is 0 Å². The second-order valence-electron chi connectivity index (χ2n) is 7.07. The molecule has 1 aromatic rings. The number of ether oxygens (including phenoxy) is 1. The molecule has 1 saturated carbocycles. The first kappa shape index (κ1) is 21.8. The molecule has 4 nitrogen and oxygen atoms in total. The molecule has 2 rings (SSSR count). The van der Waals surface area contributed by atoms with E-state index in [-0.39, 0.29) is 29.8 Å². The van der Waals surface area contributed by atoms with Crippen LogP contribution >= 0.6 is 12.4 Å². The van der Waals surface area contributed by atoms with Gasteiger partial charge in [-0.1, -0.05) is 31.4 Å². The highest BCUT2D eigenvalue weighted by Gasteiger charge is 2.35. The lowest BCUT2D eigenvalue weighted by atomic mass is 9.71. The topological polar surface area (TPSA) is 55.6 Å². The van der Waals surface area contributed by atoms with E-state index < -0.39 is 0 Å². The van der Waals surface area contributed by atoms with Crippen molar-refractivity contribution < 1.29 is 9.53 Å². The van der Waals surface area contributed by atoms with Crippen LogP contribution in [0, 0.1) is 5.41 Å². The Hall–Kier alpha value is -1.26. The Morgan fingerprint density at radius 3 is 2.56 bits per heavy atom. The highest BCUT2D eigenvalue weighted by Crippen LogP contribution is 2.39. The molecule has 1 aromatic carbocycles. The molecule has 1 amide bonds. The summed E-state index contributed by atoms with van der Waals surface area (Å²) in [5, 5.41) is 0. The highest BCUT2D eigenvalue weighted by atomic mass is 35.5. The van der Waals surface area contributed by atoms with Crippen molar-refractivity contribution in [2.24, 2.45) is 11.1 Å². The van der Waals surface area contributed by atoms with E-state index in [0.717, 1.165) is 24.2 Å². The summed E-state index contributed by atoms with van der Waals surface area (Å²) in [6, 6.07) is 8.02. The van der Waals surface area contributed by atoms with Gasteiger partial charge in [0, 0.05) is 13.0 Å². The number of benzene rings is 1. The number of carbonyl (C=O) groups excluding carboxylic acids is 1. The Morgan fingerprint density at radius 2 is 2.00 bits per heavy atom. The zero-order valence-corrected chi connectivity index (χ0v) is 16.6. The SMILES string of the molecule is CCN(C(=O)CC1(CN)CCCCC1)C(C)c1cccc(OC)c1.Cl. The molecule has 0 aromatic heterocycles. The number of methoxy groups -OCH3 is 1. The molecule has 0 radical (unpaired) electrons. The lowest BCUT2D eigenvalue weighted by molar-refractivity contribution is -0.136. The van der Waals surface area contributed by atoms with Crippen molar-refractivity contribution in [3.05, 3.63) is 29.8 Å². The van der Waals surface area contributed by atoms with E-state index in [1.165, 1.54) is 19.3 Å². The molecule has 142 valence electrons. The van der Waals surface area contributed by atoms with Gasteiger partial charge in [0.15, 0.2) is 0 Å². The number of halogens is 1. The zero-order valence-electron chi connectivity index (χ0n) is 15.8. The molecule has 1 aliphatic rings. The van der Waals surface area contributed by atoms with E-state index in [0.29, 0.717) is 19.5 Å². The summed E-state index contributed by atoms with van der Waals surface area (Å²) in [5.74, 6) is 1.05. The molecule has 0 bridgehead atoms. The van der Waals surface area contributed by atoms with Gasteiger partial charge in [0.25, 0.3) is 0 Å². The number of hydrogen-bond donors (Lipinski definition) is 1. The van der Waals surface area contributed by atoms with Gasteiger partial charge in [-0.2, -0.15) is 0 Å². The fourth-order valence-corrected chi connectivity index (χ4v) is 3.92. The monoisotopic (exact) mass is 368 g/mol. The third kappa shape index (κ3) is 5.35. The predicted octanol–water partition coefficient (Wildman–Crippen LogP) is 4.33. The summed E-state index contributed by atoms with van der Waals surface area (Å²) in [6.45, 7) is 5.46. The quantitative estimate of drug-likeness (QED) is 0.779. The minimum absolute atomic E-state index is 0. The van der Waals surface area contributed by atoms with Crippen molar-refractivity contribution in [2.45, 2.75) is 58.4 Å². The van der Waals surface area contributed by atoms with Crippen LogP contribution in [0.4, 0.5) is 0 Å². The summed E-state index contributed by atoms with van der Waals surface area (Å²) >= 11 is 0. The maximum Gasteiger partial charge on any atom is 0.223 e. The van der Waals surface area contributed by atoms with Crippen LogP contribution in [-0.4, -0.2) is 31.0 Å². The van der Waals surface area contributed by atoms with E-state index in [1.807, 2.05) is 30.0 Å². The van der Waals surface area contributed by atoms with Crippen molar-refractivity contribution in [3.8, 4) is 5.75 Å². The molecule has 1 aliphatic carbocycles. The summed E-state index contributed by atoms with van der Waals surface area (Å²) in [6.07, 6.45) is 6.41. The summed E-state index contributed by atoms with van der Waals surface area (Å²) < 4.78 is 5.31. The lowest BCUT2D eigenvalue weighted by Gasteiger charge is -2.38. The number of rotatable bonds is 7. The van der Waals surface area contributed by atoms with Crippen molar-refractivity contribution >= 4 is 18.3 Å². The normalized spacial score (nSPS) is 17.3. The Balaban J connectivity index is 0.00000312. The van der Waals surface area contributed by atoms with Gasteiger partial charge in [-0.15, -0.1) is 12.4 Å². The van der Waals surface area contributed by atoms with E-state index >= 15 is 0 Å². The minimum atomic E-state index is 0. The van der Waals surface area contributed by atoms with E-state index in [9.17, 15) is 4.79 Å². The molecule has 0 spiro atoms. The lowest BCUT2D eigenvalue weighted by Crippen LogP contribution is -2.41. The van der Waals surface area contributed by atoms with Gasteiger partial charge in [0.2, 0.25) is 5.91 Å². The van der Waals surface area contributed by atoms with Gasteiger partial charge in [-0.3, -0.25) is 4.79 Å². The molecule has 5 heteroatoms. The number of nitrogens with zero attached hydrogens (tertiary/aromatic N) is 1. The summed E-state index contributed by atoms with van der Waals surface area (Å²) in [5.41, 5.74) is 7.18. The van der Waals surface area contributed by atoms with Gasteiger partial charge in [0.05, 0.1) is 13.2 Å². The third-order valence-corrected chi connectivity index (χ3v) is 5.58. The Labute approximate surface area is 158 Å².